The van der Waals surface area contributed by atoms with Gasteiger partial charge in [-0.15, -0.1) is 0 Å². The van der Waals surface area contributed by atoms with Crippen molar-refractivity contribution in [1.82, 2.24) is 10.3 Å². The standard InChI is InChI=1S/C29H28N4O4S/c1-21-8-3-4-10-24(21)20-33(38(2,36)37)25-15-13-23(14-16-25)28(34)32-27-12-6-5-11-26(27)29(35)31-19-22-9-7-17-30-18-22/h3-18H,19-20H2,1-2H3,(H,31,35)(H,32,34). The van der Waals surface area contributed by atoms with Crippen LogP contribution in [0.1, 0.15) is 37.4 Å². The monoisotopic (exact) mass is 528 g/mol. The summed E-state index contributed by atoms with van der Waals surface area (Å²) in [5.41, 5.74) is 4.18. The molecule has 0 saturated heterocycles. The normalized spacial score (nSPS) is 11.0. The van der Waals surface area contributed by atoms with Crippen LogP contribution < -0.4 is 14.9 Å². The molecule has 0 fully saturated rings. The summed E-state index contributed by atoms with van der Waals surface area (Å²) in [5.74, 6) is -0.756. The molecule has 8 nitrogen and oxygen atoms in total. The lowest BCUT2D eigenvalue weighted by Gasteiger charge is -2.23. The maximum absolute atomic E-state index is 13.0. The van der Waals surface area contributed by atoms with Gasteiger partial charge in [0.2, 0.25) is 10.0 Å². The van der Waals surface area contributed by atoms with E-state index in [9.17, 15) is 18.0 Å². The highest BCUT2D eigenvalue weighted by Crippen LogP contribution is 2.23. The molecule has 0 aliphatic carbocycles. The fourth-order valence-electron chi connectivity index (χ4n) is 3.89. The Kier molecular flexibility index (Phi) is 8.18. The van der Waals surface area contributed by atoms with Crippen LogP contribution in [0.5, 0.6) is 0 Å². The average Bonchev–Trinajstić information content (AvgIpc) is 2.91. The summed E-state index contributed by atoms with van der Waals surface area (Å²) in [6.45, 7) is 2.41. The zero-order valence-corrected chi connectivity index (χ0v) is 21.9. The number of hydrogen-bond donors (Lipinski definition) is 2. The average molecular weight is 529 g/mol. The molecule has 4 aromatic rings. The van der Waals surface area contributed by atoms with Crippen LogP contribution in [0.4, 0.5) is 11.4 Å². The van der Waals surface area contributed by atoms with E-state index in [0.29, 0.717) is 29.0 Å². The number of benzene rings is 3. The minimum absolute atomic E-state index is 0.179. The number of aryl methyl sites for hydroxylation is 1. The van der Waals surface area contributed by atoms with Crippen LogP contribution in [0, 0.1) is 6.92 Å². The third kappa shape index (κ3) is 6.63. The van der Waals surface area contributed by atoms with E-state index < -0.39 is 15.9 Å². The number of anilines is 2. The molecule has 0 radical (unpaired) electrons. The Morgan fingerprint density at radius 2 is 1.58 bits per heavy atom. The maximum atomic E-state index is 13.0. The number of rotatable bonds is 9. The van der Waals surface area contributed by atoms with Gasteiger partial charge < -0.3 is 10.6 Å². The molecule has 0 aliphatic rings. The minimum Gasteiger partial charge on any atom is -0.348 e. The third-order valence-corrected chi connectivity index (χ3v) is 7.13. The van der Waals surface area contributed by atoms with Crippen molar-refractivity contribution in [1.29, 1.82) is 0 Å². The number of hydrogen-bond acceptors (Lipinski definition) is 5. The number of carbonyl (C=O) groups excluding carboxylic acids is 2. The van der Waals surface area contributed by atoms with Crippen LogP contribution in [0.25, 0.3) is 0 Å². The van der Waals surface area contributed by atoms with Crippen molar-refractivity contribution in [3.8, 4) is 0 Å². The zero-order valence-electron chi connectivity index (χ0n) is 21.1. The first-order valence-corrected chi connectivity index (χ1v) is 13.8. The maximum Gasteiger partial charge on any atom is 0.255 e. The van der Waals surface area contributed by atoms with E-state index in [1.807, 2.05) is 37.3 Å². The van der Waals surface area contributed by atoms with E-state index in [2.05, 4.69) is 15.6 Å². The zero-order chi connectivity index (χ0) is 27.1. The Hall–Kier alpha value is -4.50. The molecule has 0 spiro atoms. The number of sulfonamides is 1. The van der Waals surface area contributed by atoms with Crippen molar-refractivity contribution in [2.75, 3.05) is 15.9 Å². The number of carbonyl (C=O) groups is 2. The molecule has 0 unspecified atom stereocenters. The first-order valence-electron chi connectivity index (χ1n) is 11.9. The predicted molar refractivity (Wildman–Crippen MR) is 148 cm³/mol. The topological polar surface area (TPSA) is 108 Å². The minimum atomic E-state index is -3.57. The number of para-hydroxylation sites is 1. The number of amides is 2. The van der Waals surface area contributed by atoms with Gasteiger partial charge in [-0.25, -0.2) is 8.42 Å². The summed E-state index contributed by atoms with van der Waals surface area (Å²) >= 11 is 0. The van der Waals surface area contributed by atoms with Gasteiger partial charge >= 0.3 is 0 Å². The molecular formula is C29H28N4O4S. The molecule has 38 heavy (non-hydrogen) atoms. The molecule has 0 aliphatic heterocycles. The fraction of sp³-hybridized carbons (Fsp3) is 0.138. The molecule has 2 N–H and O–H groups in total. The highest BCUT2D eigenvalue weighted by molar-refractivity contribution is 7.92. The van der Waals surface area contributed by atoms with Crippen molar-refractivity contribution >= 4 is 33.2 Å². The second-order valence-electron chi connectivity index (χ2n) is 8.79. The van der Waals surface area contributed by atoms with Crippen molar-refractivity contribution < 1.29 is 18.0 Å². The van der Waals surface area contributed by atoms with Crippen LogP contribution in [0.3, 0.4) is 0 Å². The number of nitrogens with zero attached hydrogens (tertiary/aromatic N) is 2. The first-order chi connectivity index (χ1) is 18.2. The van der Waals surface area contributed by atoms with Crippen molar-refractivity contribution in [3.63, 3.8) is 0 Å². The highest BCUT2D eigenvalue weighted by Gasteiger charge is 2.20. The van der Waals surface area contributed by atoms with Gasteiger partial charge in [-0.1, -0.05) is 42.5 Å². The van der Waals surface area contributed by atoms with Gasteiger partial charge in [-0.3, -0.25) is 18.9 Å². The highest BCUT2D eigenvalue weighted by atomic mass is 32.2. The summed E-state index contributed by atoms with van der Waals surface area (Å²) in [6.07, 6.45) is 4.48. The number of nitrogens with one attached hydrogen (secondary N) is 2. The SMILES string of the molecule is Cc1ccccc1CN(c1ccc(C(=O)Nc2ccccc2C(=O)NCc2cccnc2)cc1)S(C)(=O)=O. The smallest absolute Gasteiger partial charge is 0.255 e. The Bertz CT molecular complexity index is 1540. The van der Waals surface area contributed by atoms with Crippen LogP contribution in [-0.2, 0) is 23.1 Å². The van der Waals surface area contributed by atoms with Crippen LogP contribution in [0.2, 0.25) is 0 Å². The quantitative estimate of drug-likeness (QED) is 0.332. The van der Waals surface area contributed by atoms with Crippen molar-refractivity contribution in [2.45, 2.75) is 20.0 Å². The van der Waals surface area contributed by atoms with Crippen LogP contribution >= 0.6 is 0 Å². The largest absolute Gasteiger partial charge is 0.348 e. The molecule has 1 heterocycles. The molecule has 0 bridgehead atoms. The van der Waals surface area contributed by atoms with E-state index in [1.54, 1.807) is 67.0 Å². The van der Waals surface area contributed by atoms with Gasteiger partial charge in [0.25, 0.3) is 11.8 Å². The summed E-state index contributed by atoms with van der Waals surface area (Å²) in [6, 6.07) is 24.3. The van der Waals surface area contributed by atoms with E-state index in [4.69, 9.17) is 0 Å². The second kappa shape index (κ2) is 11.7. The molecule has 9 heteroatoms. The Morgan fingerprint density at radius 1 is 0.868 bits per heavy atom. The van der Waals surface area contributed by atoms with E-state index >= 15 is 0 Å². The van der Waals surface area contributed by atoms with Gasteiger partial charge in [0.1, 0.15) is 0 Å². The summed E-state index contributed by atoms with van der Waals surface area (Å²) in [5, 5.41) is 5.62. The predicted octanol–water partition coefficient (Wildman–Crippen LogP) is 4.54. The Morgan fingerprint density at radius 3 is 2.26 bits per heavy atom. The third-order valence-electron chi connectivity index (χ3n) is 5.99. The summed E-state index contributed by atoms with van der Waals surface area (Å²) < 4.78 is 26.4. The summed E-state index contributed by atoms with van der Waals surface area (Å²) in [4.78, 5) is 29.8. The second-order valence-corrected chi connectivity index (χ2v) is 10.7. The molecule has 194 valence electrons. The molecule has 2 amide bonds. The van der Waals surface area contributed by atoms with E-state index in [0.717, 1.165) is 22.9 Å². The van der Waals surface area contributed by atoms with E-state index in [-0.39, 0.29) is 12.5 Å². The lowest BCUT2D eigenvalue weighted by Crippen LogP contribution is -2.29. The molecule has 4 rings (SSSR count). The van der Waals surface area contributed by atoms with Crippen molar-refractivity contribution in [2.24, 2.45) is 0 Å². The summed E-state index contributed by atoms with van der Waals surface area (Å²) in [7, 11) is -3.57. The number of pyridine rings is 1. The van der Waals surface area contributed by atoms with Crippen LogP contribution in [0.15, 0.2) is 97.3 Å². The van der Waals surface area contributed by atoms with Gasteiger partial charge in [-0.05, 0) is 66.1 Å². The molecule has 0 saturated carbocycles. The van der Waals surface area contributed by atoms with Gasteiger partial charge in [0, 0.05) is 24.5 Å². The lowest BCUT2D eigenvalue weighted by atomic mass is 10.1. The molecule has 3 aromatic carbocycles. The Labute approximate surface area is 222 Å². The van der Waals surface area contributed by atoms with Gasteiger partial charge in [0.15, 0.2) is 0 Å². The van der Waals surface area contributed by atoms with E-state index in [1.165, 1.54) is 4.31 Å². The van der Waals surface area contributed by atoms with Gasteiger partial charge in [0.05, 0.1) is 29.7 Å². The molecule has 1 aromatic heterocycles. The fourth-order valence-corrected chi connectivity index (χ4v) is 4.76. The van der Waals surface area contributed by atoms with Gasteiger partial charge in [-0.2, -0.15) is 0 Å². The first kappa shape index (κ1) is 26.6. The lowest BCUT2D eigenvalue weighted by molar-refractivity contribution is 0.0951. The molecular weight excluding hydrogens is 500 g/mol. The number of aromatic nitrogens is 1. The van der Waals surface area contributed by atoms with Crippen molar-refractivity contribution in [3.05, 3.63) is 125 Å². The van der Waals surface area contributed by atoms with Crippen LogP contribution in [-0.4, -0.2) is 31.5 Å². The Balaban J connectivity index is 1.48. The molecule has 0 atom stereocenters.